The molecule has 1 aromatic heterocycles. The van der Waals surface area contributed by atoms with Crippen LogP contribution in [0, 0.1) is 17.2 Å². The number of hydrogen-bond acceptors (Lipinski definition) is 6. The summed E-state index contributed by atoms with van der Waals surface area (Å²) in [6.07, 6.45) is 19.9. The zero-order valence-electron chi connectivity index (χ0n) is 25.4. The molecular weight excluding hydrogens is 492 g/mol. The summed E-state index contributed by atoms with van der Waals surface area (Å²) < 4.78 is 0. The number of aryl methyl sites for hydroxylation is 1. The van der Waals surface area contributed by atoms with Crippen molar-refractivity contribution in [3.05, 3.63) is 52.7 Å². The summed E-state index contributed by atoms with van der Waals surface area (Å²) in [5.74, 6) is 1.57. The third-order valence-electron chi connectivity index (χ3n) is 9.44. The Morgan fingerprint density at radius 2 is 1.93 bits per heavy atom. The van der Waals surface area contributed by atoms with Crippen molar-refractivity contribution in [3.8, 4) is 0 Å². The van der Waals surface area contributed by atoms with E-state index in [-0.39, 0.29) is 0 Å². The molecule has 0 bridgehead atoms. The zero-order chi connectivity index (χ0) is 28.5. The van der Waals surface area contributed by atoms with Gasteiger partial charge in [0.2, 0.25) is 0 Å². The molecule has 2 heterocycles. The molecule has 40 heavy (non-hydrogen) atoms. The first-order valence-electron chi connectivity index (χ1n) is 15.9. The van der Waals surface area contributed by atoms with E-state index in [2.05, 4.69) is 37.4 Å². The van der Waals surface area contributed by atoms with E-state index < -0.39 is 0 Å². The maximum atomic E-state index is 9.33. The van der Waals surface area contributed by atoms with E-state index in [4.69, 9.17) is 15.7 Å². The number of aliphatic imine (C=N–C) groups is 1. The lowest BCUT2D eigenvalue weighted by molar-refractivity contribution is 0.296. The number of likely N-dealkylation sites (tertiary alicyclic amines) is 1. The van der Waals surface area contributed by atoms with Crippen LogP contribution in [0.4, 0.5) is 0 Å². The maximum absolute atomic E-state index is 9.33. The van der Waals surface area contributed by atoms with Crippen molar-refractivity contribution in [2.45, 2.75) is 110 Å². The molecule has 3 N–H and O–H groups in total. The summed E-state index contributed by atoms with van der Waals surface area (Å²) in [4.78, 5) is 17.0. The van der Waals surface area contributed by atoms with Crippen molar-refractivity contribution in [2.24, 2.45) is 22.6 Å². The van der Waals surface area contributed by atoms with Crippen molar-refractivity contribution in [1.29, 1.82) is 5.41 Å². The molecule has 0 amide bonds. The van der Waals surface area contributed by atoms with Crippen LogP contribution in [0.5, 0.6) is 0 Å². The molecule has 218 valence electrons. The minimum absolute atomic E-state index is 0.359. The second-order valence-electron chi connectivity index (χ2n) is 12.4. The highest BCUT2D eigenvalue weighted by Gasteiger charge is 2.25. The fraction of sp³-hybridized carbons (Fsp3) is 0.647. The number of nitrogens with zero attached hydrogens (tertiary/aromatic N) is 4. The molecule has 3 aliphatic rings. The predicted octanol–water partition coefficient (Wildman–Crippen LogP) is 7.29. The van der Waals surface area contributed by atoms with Gasteiger partial charge in [-0.2, -0.15) is 0 Å². The lowest BCUT2D eigenvalue weighted by Gasteiger charge is -2.28. The van der Waals surface area contributed by atoms with Crippen LogP contribution in [-0.4, -0.2) is 53.0 Å². The van der Waals surface area contributed by atoms with Gasteiger partial charge < -0.3 is 10.6 Å². The Balaban J connectivity index is 1.62. The van der Waals surface area contributed by atoms with Gasteiger partial charge in [-0.25, -0.2) is 9.97 Å². The van der Waals surface area contributed by atoms with Crippen LogP contribution in [0.25, 0.3) is 5.70 Å². The van der Waals surface area contributed by atoms with E-state index in [1.807, 2.05) is 18.4 Å². The number of hydrogen-bond donors (Lipinski definition) is 2. The molecule has 0 unspecified atom stereocenters. The van der Waals surface area contributed by atoms with Gasteiger partial charge in [0.1, 0.15) is 5.71 Å². The molecule has 3 fully saturated rings. The summed E-state index contributed by atoms with van der Waals surface area (Å²) >= 11 is 0. The van der Waals surface area contributed by atoms with Gasteiger partial charge in [0.15, 0.2) is 5.82 Å². The average molecular weight is 545 g/mol. The van der Waals surface area contributed by atoms with Crippen LogP contribution in [-0.2, 0) is 6.42 Å². The smallest absolute Gasteiger partial charge is 0.178 e. The van der Waals surface area contributed by atoms with Gasteiger partial charge in [0.25, 0.3) is 0 Å². The lowest BCUT2D eigenvalue weighted by atomic mass is 9.78. The molecule has 1 saturated heterocycles. The second-order valence-corrected chi connectivity index (χ2v) is 12.4. The normalized spacial score (nSPS) is 23.8. The molecule has 1 aromatic rings. The van der Waals surface area contributed by atoms with Gasteiger partial charge in [0.05, 0.1) is 11.4 Å². The topological polar surface area (TPSA) is 91.2 Å². The molecule has 2 saturated carbocycles. The highest BCUT2D eigenvalue weighted by Crippen LogP contribution is 2.36. The number of allylic oxidation sites excluding steroid dienone is 4. The summed E-state index contributed by atoms with van der Waals surface area (Å²) in [6, 6.07) is 2.62. The number of aromatic nitrogens is 2. The summed E-state index contributed by atoms with van der Waals surface area (Å²) in [5.41, 5.74) is 12.9. The van der Waals surface area contributed by atoms with Crippen LogP contribution in [0.1, 0.15) is 115 Å². The van der Waals surface area contributed by atoms with Gasteiger partial charge in [-0.15, -0.1) is 0 Å². The molecule has 1 aliphatic heterocycles. The summed E-state index contributed by atoms with van der Waals surface area (Å²) in [7, 11) is 2.22. The van der Waals surface area contributed by atoms with Crippen LogP contribution in [0.15, 0.2) is 40.4 Å². The SMILES string of the molecule is C=C1CCCC[C@@H]1/C(C)=C(\CCC)C(=N)c1nc(CC[C@@H]2CCCN2C)cc(C(N)=CC=NCC2CCCC2)n1. The predicted molar refractivity (Wildman–Crippen MR) is 169 cm³/mol. The molecule has 0 radical (unpaired) electrons. The minimum Gasteiger partial charge on any atom is -0.397 e. The van der Waals surface area contributed by atoms with Crippen LogP contribution in [0.2, 0.25) is 0 Å². The van der Waals surface area contributed by atoms with Crippen molar-refractivity contribution in [1.82, 2.24) is 14.9 Å². The first-order chi connectivity index (χ1) is 19.4. The Kier molecular flexibility index (Phi) is 11.3. The van der Waals surface area contributed by atoms with Gasteiger partial charge in [-0.05, 0) is 108 Å². The lowest BCUT2D eigenvalue weighted by Crippen LogP contribution is -2.25. The van der Waals surface area contributed by atoms with E-state index >= 15 is 0 Å². The van der Waals surface area contributed by atoms with Crippen LogP contribution < -0.4 is 5.73 Å². The van der Waals surface area contributed by atoms with Crippen molar-refractivity contribution >= 4 is 17.6 Å². The summed E-state index contributed by atoms with van der Waals surface area (Å²) in [6.45, 7) is 10.8. The quantitative estimate of drug-likeness (QED) is 0.213. The molecule has 4 rings (SSSR count). The van der Waals surface area contributed by atoms with Crippen LogP contribution >= 0.6 is 0 Å². The summed E-state index contributed by atoms with van der Waals surface area (Å²) in [5, 5.41) is 9.33. The van der Waals surface area contributed by atoms with E-state index in [1.54, 1.807) is 0 Å². The highest BCUT2D eigenvalue weighted by molar-refractivity contribution is 6.08. The molecule has 2 atom stereocenters. The fourth-order valence-electron chi connectivity index (χ4n) is 6.88. The van der Waals surface area contributed by atoms with Crippen molar-refractivity contribution in [2.75, 3.05) is 20.1 Å². The van der Waals surface area contributed by atoms with Gasteiger partial charge in [-0.3, -0.25) is 10.4 Å². The van der Waals surface area contributed by atoms with Crippen molar-refractivity contribution in [3.63, 3.8) is 0 Å². The number of rotatable bonds is 12. The van der Waals surface area contributed by atoms with Crippen LogP contribution in [0.3, 0.4) is 0 Å². The van der Waals surface area contributed by atoms with E-state index in [9.17, 15) is 5.41 Å². The van der Waals surface area contributed by atoms with E-state index in [1.165, 1.54) is 69.1 Å². The van der Waals surface area contributed by atoms with E-state index in [0.717, 1.165) is 56.3 Å². The molecule has 2 aliphatic carbocycles. The molecule has 6 heteroatoms. The Bertz CT molecular complexity index is 1120. The molecule has 0 aromatic carbocycles. The highest BCUT2D eigenvalue weighted by atomic mass is 15.1. The third kappa shape index (κ3) is 7.99. The van der Waals surface area contributed by atoms with Crippen molar-refractivity contribution < 1.29 is 0 Å². The zero-order valence-corrected chi connectivity index (χ0v) is 25.4. The molecule has 0 spiro atoms. The van der Waals surface area contributed by atoms with E-state index in [0.29, 0.717) is 40.8 Å². The third-order valence-corrected chi connectivity index (χ3v) is 9.44. The first kappa shape index (κ1) is 30.4. The van der Waals surface area contributed by atoms with Gasteiger partial charge in [0, 0.05) is 30.4 Å². The second kappa shape index (κ2) is 14.9. The van der Waals surface area contributed by atoms with Gasteiger partial charge >= 0.3 is 0 Å². The average Bonchev–Trinajstić information content (AvgIpc) is 3.63. The minimum atomic E-state index is 0.359. The number of nitrogens with two attached hydrogens (primary N) is 1. The maximum Gasteiger partial charge on any atom is 0.178 e. The molecule has 6 nitrogen and oxygen atoms in total. The Morgan fingerprint density at radius 1 is 1.15 bits per heavy atom. The largest absolute Gasteiger partial charge is 0.397 e. The number of nitrogens with one attached hydrogen (secondary N) is 1. The van der Waals surface area contributed by atoms with Gasteiger partial charge in [-0.1, -0.05) is 50.3 Å². The Hall–Kier alpha value is -2.60. The molecular formula is C34H52N6. The fourth-order valence-corrected chi connectivity index (χ4v) is 6.88. The standard InChI is InChI=1S/C34H52N6/c1-5-11-30(25(3)29-16-9-6-12-24(29)2)33(36)34-38-27(17-18-28-15-10-21-40(28)4)22-32(39-34)31(35)19-20-37-23-26-13-7-8-14-26/h19-20,22,26,28-29,36H,2,5-18,21,23,35H2,1,3-4H3/b30-25+,31-19?,36-33?,37-20?/t28-,29-/m0/s1. The Labute approximate surface area is 242 Å². The first-order valence-corrected chi connectivity index (χ1v) is 15.9. The Morgan fingerprint density at radius 3 is 2.62 bits per heavy atom. The monoisotopic (exact) mass is 544 g/mol.